The average Bonchev–Trinajstić information content (AvgIpc) is 1.19. The number of ketones is 3. The molecule has 8 aliphatic rings. The SMILES string of the molecule is COc1ccc(CCC2(C3CCCC3)CC(=O)C(Oc3ccc(Cl)cc3)C(=O)O2)c(OC)c1.COc1ccc(CCC2(C3CCCC3)CC(=O)C(Oc3ccccc3)C(=O)O2)c(OC)c1.COc1cccc(CC2C(=O)CC(CCc3ccc(OC)cc3OC)(C3CCCC3)OC2=O)c1.O=C1OC(CCc2ccc(O)cc2)(C2CCCC2)CC(O)=C1N(c1ccccc1)c1ccccc1. The van der Waals surface area contributed by atoms with Gasteiger partial charge >= 0.3 is 23.9 Å². The summed E-state index contributed by atoms with van der Waals surface area (Å²) in [5, 5.41) is 21.6. The summed E-state index contributed by atoms with van der Waals surface area (Å²) in [6.45, 7) is 0. The summed E-state index contributed by atoms with van der Waals surface area (Å²) in [5.41, 5.74) is 3.61. The number of methoxy groups -OCH3 is 7. The third-order valence-electron chi connectivity index (χ3n) is 28.2. The van der Waals surface area contributed by atoms with Crippen molar-refractivity contribution in [3.63, 3.8) is 0 Å². The Morgan fingerprint density at radius 1 is 0.343 bits per heavy atom. The number of ether oxygens (including phenoxy) is 13. The van der Waals surface area contributed by atoms with Crippen molar-refractivity contribution >= 4 is 64.2 Å². The van der Waals surface area contributed by atoms with E-state index < -0.39 is 64.4 Å². The van der Waals surface area contributed by atoms with E-state index >= 15 is 0 Å². The first kappa shape index (κ1) is 97.5. The lowest BCUT2D eigenvalue weighted by molar-refractivity contribution is -0.191. The van der Waals surface area contributed by atoms with Crippen LogP contribution in [0.4, 0.5) is 11.4 Å². The Morgan fingerprint density at radius 2 is 0.694 bits per heavy atom. The van der Waals surface area contributed by atoms with Gasteiger partial charge in [0.1, 0.15) is 91.6 Å². The van der Waals surface area contributed by atoms with Crippen LogP contribution in [0.5, 0.6) is 57.5 Å². The zero-order valence-electron chi connectivity index (χ0n) is 77.7. The van der Waals surface area contributed by atoms with Crippen LogP contribution >= 0.6 is 11.6 Å². The summed E-state index contributed by atoms with van der Waals surface area (Å²) in [5.74, 6) is 3.70. The number of nitrogens with zero attached hydrogens (tertiary/aromatic N) is 1. The predicted octanol–water partition coefficient (Wildman–Crippen LogP) is 21.5. The second-order valence-corrected chi connectivity index (χ2v) is 36.8. The van der Waals surface area contributed by atoms with Crippen LogP contribution in [0.25, 0.3) is 0 Å². The number of aryl methyl sites for hydroxylation is 4. The number of phenolic OH excluding ortho intramolecular Hbond substituents is 1. The van der Waals surface area contributed by atoms with E-state index in [0.29, 0.717) is 98.0 Å². The van der Waals surface area contributed by atoms with Crippen LogP contribution in [0.15, 0.2) is 230 Å². The van der Waals surface area contributed by atoms with Crippen molar-refractivity contribution in [3.8, 4) is 57.5 Å². The van der Waals surface area contributed by atoms with Crippen LogP contribution in [0, 0.1) is 29.6 Å². The van der Waals surface area contributed by atoms with E-state index in [4.69, 9.17) is 73.2 Å². The third-order valence-corrected chi connectivity index (χ3v) is 28.5. The minimum atomic E-state index is -1.25. The highest BCUT2D eigenvalue weighted by atomic mass is 35.5. The maximum Gasteiger partial charge on any atom is 0.359 e. The summed E-state index contributed by atoms with van der Waals surface area (Å²) < 4.78 is 74.0. The van der Waals surface area contributed by atoms with Crippen LogP contribution in [-0.2, 0) is 84.6 Å². The smallest absolute Gasteiger partial charge is 0.359 e. The lowest BCUT2D eigenvalue weighted by atomic mass is 9.73. The monoisotopic (exact) mass is 1850 g/mol. The Balaban J connectivity index is 0.000000143. The lowest BCUT2D eigenvalue weighted by Gasteiger charge is -2.43. The number of aliphatic hydroxyl groups is 1. The number of hydrogen-bond acceptors (Lipinski definition) is 23. The highest BCUT2D eigenvalue weighted by Crippen LogP contribution is 2.52. The molecule has 7 unspecified atom stereocenters. The number of para-hydroxylation sites is 3. The quantitative estimate of drug-likeness (QED) is 0.0225. The molecule has 17 rings (SSSR count). The third kappa shape index (κ3) is 23.6. The van der Waals surface area contributed by atoms with Gasteiger partial charge in [-0.2, -0.15) is 0 Å². The van der Waals surface area contributed by atoms with Crippen LogP contribution in [0.3, 0.4) is 0 Å². The molecule has 708 valence electrons. The Morgan fingerprint density at radius 3 is 1.07 bits per heavy atom. The molecule has 4 saturated carbocycles. The van der Waals surface area contributed by atoms with E-state index in [-0.39, 0.29) is 77.5 Å². The number of carbonyl (C=O) groups is 7. The molecule has 23 nitrogen and oxygen atoms in total. The molecule has 4 aliphatic heterocycles. The van der Waals surface area contributed by atoms with E-state index in [1.807, 2.05) is 158 Å². The maximum absolute atomic E-state index is 13.7. The van der Waals surface area contributed by atoms with Gasteiger partial charge in [0.15, 0.2) is 23.0 Å². The number of aliphatic hydroxyl groups excluding tert-OH is 1. The molecule has 0 bridgehead atoms. The summed E-state index contributed by atoms with van der Waals surface area (Å²) >= 11 is 5.92. The fraction of sp³-hybridized carbons (Fsp3) is 0.427. The second kappa shape index (κ2) is 45.5. The molecule has 4 heterocycles. The Kier molecular flexibility index (Phi) is 33.1. The number of carbonyl (C=O) groups excluding carboxylic acids is 7. The molecule has 7 fully saturated rings. The van der Waals surface area contributed by atoms with Crippen molar-refractivity contribution in [1.29, 1.82) is 0 Å². The molecule has 9 aromatic rings. The van der Waals surface area contributed by atoms with Gasteiger partial charge in [0.25, 0.3) is 12.2 Å². The standard InChI is InChI=1S/C30H31NO4.C28H34O6.C26H29ClO6.C26H30O6/c32-26-17-15-22(16-18-26)19-20-30(23-9-7-8-10-23)21-27(33)28(29(34)35-30)31(24-11-3-1-4-12-24)25-13-5-2-6-14-25;1-31-22-10-6-7-19(15-22)16-24-25(29)18-28(34-27(24)30,21-8-4-5-9-21)14-13-20-11-12-23(32-2)17-26(20)33-3;1-30-21-10-7-17(23(15-21)31-2)13-14-26(18-5-3-4-6-18)16-22(28)24(25(29)33-26)32-20-11-8-19(27)9-12-20;1-29-21-13-12-18(23(16-21)30-2)14-15-26(19-8-6-7-9-19)17-22(27)24(25(28)32-26)31-20-10-4-3-5-11-20/h1-6,11-18,23,32-33H,7-10,19-21H2;6-7,10-12,15,17,21,24H,4-5,8-9,13-14,16,18H2,1-3H3;7-12,15,18,24H,3-6,13-14,16H2,1-2H3;3-5,10-13,16,19,24H,6-9,14-15,17H2,1-2H3. The molecule has 0 amide bonds. The first-order valence-corrected chi connectivity index (χ1v) is 47.4. The van der Waals surface area contributed by atoms with Crippen LogP contribution in [-0.4, -0.2) is 136 Å². The Hall–Kier alpha value is -12.5. The number of rotatable bonds is 32. The fourth-order valence-corrected chi connectivity index (χ4v) is 21.2. The van der Waals surface area contributed by atoms with E-state index in [9.17, 15) is 43.8 Å². The number of esters is 4. The number of benzene rings is 9. The molecular formula is C110H124ClNO22. The zero-order valence-corrected chi connectivity index (χ0v) is 78.5. The van der Waals surface area contributed by atoms with Crippen molar-refractivity contribution in [2.24, 2.45) is 29.6 Å². The van der Waals surface area contributed by atoms with Crippen LogP contribution in [0.1, 0.15) is 182 Å². The minimum absolute atomic E-state index is 0.0207. The number of halogens is 1. The van der Waals surface area contributed by atoms with E-state index in [0.717, 1.165) is 165 Å². The number of anilines is 2. The van der Waals surface area contributed by atoms with Gasteiger partial charge in [-0.05, 0) is 264 Å². The topological polar surface area (TPSA) is 283 Å². The molecule has 0 aromatic heterocycles. The Bertz CT molecular complexity index is 5410. The predicted molar refractivity (Wildman–Crippen MR) is 508 cm³/mol. The summed E-state index contributed by atoms with van der Waals surface area (Å²) in [6.07, 6.45) is 20.3. The molecule has 3 saturated heterocycles. The largest absolute Gasteiger partial charge is 0.510 e. The molecule has 9 aromatic carbocycles. The molecular weight excluding hydrogens is 1720 g/mol. The molecule has 2 N–H and O–H groups in total. The average molecular weight is 1850 g/mol. The van der Waals surface area contributed by atoms with Gasteiger partial charge in [0, 0.05) is 47.4 Å². The van der Waals surface area contributed by atoms with Crippen molar-refractivity contribution in [1.82, 2.24) is 0 Å². The number of phenols is 1. The van der Waals surface area contributed by atoms with Crippen molar-refractivity contribution < 1.29 is 105 Å². The maximum atomic E-state index is 13.7. The van der Waals surface area contributed by atoms with Gasteiger partial charge in [0.05, 0.1) is 62.6 Å². The molecule has 0 spiro atoms. The van der Waals surface area contributed by atoms with Crippen LogP contribution in [0.2, 0.25) is 5.02 Å². The van der Waals surface area contributed by atoms with Crippen LogP contribution < -0.4 is 47.5 Å². The number of aromatic hydroxyl groups is 1. The van der Waals surface area contributed by atoms with Gasteiger partial charge in [-0.1, -0.05) is 160 Å². The lowest BCUT2D eigenvalue weighted by Crippen LogP contribution is -2.55. The van der Waals surface area contributed by atoms with Crippen molar-refractivity contribution in [3.05, 3.63) is 263 Å². The summed E-state index contributed by atoms with van der Waals surface area (Å²) in [6, 6.07) is 66.5. The van der Waals surface area contributed by atoms with Crippen molar-refractivity contribution in [2.75, 3.05) is 54.7 Å². The number of Topliss-reactive ketones (excluding diaryl/α,β-unsaturated/α-hetero) is 3. The van der Waals surface area contributed by atoms with Gasteiger partial charge in [0.2, 0.25) is 0 Å². The van der Waals surface area contributed by atoms with Gasteiger partial charge in [-0.15, -0.1) is 0 Å². The minimum Gasteiger partial charge on any atom is -0.510 e. The normalized spacial score (nSPS) is 22.6. The van der Waals surface area contributed by atoms with E-state index in [1.165, 1.54) is 0 Å². The summed E-state index contributed by atoms with van der Waals surface area (Å²) in [7, 11) is 11.3. The first-order valence-electron chi connectivity index (χ1n) is 47.0. The highest BCUT2D eigenvalue weighted by molar-refractivity contribution is 6.30. The molecule has 0 radical (unpaired) electrons. The molecule has 134 heavy (non-hydrogen) atoms. The first-order chi connectivity index (χ1) is 65.0. The van der Waals surface area contributed by atoms with Crippen molar-refractivity contribution in [2.45, 2.75) is 221 Å². The van der Waals surface area contributed by atoms with Gasteiger partial charge in [-0.25, -0.2) is 14.4 Å². The fourth-order valence-electron chi connectivity index (χ4n) is 21.1. The molecule has 4 aliphatic carbocycles. The highest BCUT2D eigenvalue weighted by Gasteiger charge is 2.56. The van der Waals surface area contributed by atoms with E-state index in [2.05, 4.69) is 0 Å². The number of hydrogen-bond donors (Lipinski definition) is 2. The van der Waals surface area contributed by atoms with Gasteiger partial charge in [-0.3, -0.25) is 19.2 Å². The Labute approximate surface area is 790 Å². The van der Waals surface area contributed by atoms with Gasteiger partial charge < -0.3 is 76.7 Å². The molecule has 24 heteroatoms. The second-order valence-electron chi connectivity index (χ2n) is 36.3. The van der Waals surface area contributed by atoms with E-state index in [1.54, 1.807) is 115 Å². The number of cyclic esters (lactones) is 4. The molecule has 7 atom stereocenters. The summed E-state index contributed by atoms with van der Waals surface area (Å²) in [4.78, 5) is 94.4. The zero-order chi connectivity index (χ0) is 94.4.